The minimum absolute atomic E-state index is 0.0979. The van der Waals surface area contributed by atoms with Gasteiger partial charge in [0.15, 0.2) is 0 Å². The first-order valence-corrected chi connectivity index (χ1v) is 7.79. The van der Waals surface area contributed by atoms with Crippen LogP contribution in [0.1, 0.15) is 15.3 Å². The van der Waals surface area contributed by atoms with Gasteiger partial charge in [0.1, 0.15) is 6.33 Å². The fraction of sp³-hybridized carbons (Fsp3) is 0.188. The smallest absolute Gasteiger partial charge is 0.248 e. The molecule has 0 saturated carbocycles. The number of aryl methyl sites for hydroxylation is 1. The zero-order valence-corrected chi connectivity index (χ0v) is 13.0. The molecule has 3 aromatic rings. The molecule has 0 aliphatic carbocycles. The van der Waals surface area contributed by atoms with Crippen molar-refractivity contribution in [2.75, 3.05) is 5.32 Å². The van der Waals surface area contributed by atoms with E-state index in [1.54, 1.807) is 22.3 Å². The first-order valence-electron chi connectivity index (χ1n) is 6.97. The van der Waals surface area contributed by atoms with Crippen molar-refractivity contribution in [2.45, 2.75) is 19.9 Å². The maximum Gasteiger partial charge on any atom is 0.248 e. The molecule has 1 N–H and O–H groups in total. The summed E-state index contributed by atoms with van der Waals surface area (Å²) < 4.78 is 1.71. The average molecular weight is 312 g/mol. The number of carbonyl (C=O) groups is 1. The summed E-state index contributed by atoms with van der Waals surface area (Å²) in [4.78, 5) is 18.3. The van der Waals surface area contributed by atoms with Gasteiger partial charge in [-0.05, 0) is 24.6 Å². The number of rotatable bonds is 5. The van der Waals surface area contributed by atoms with Crippen molar-refractivity contribution >= 4 is 23.2 Å². The highest BCUT2D eigenvalue weighted by molar-refractivity contribution is 7.12. The minimum atomic E-state index is -0.0979. The summed E-state index contributed by atoms with van der Waals surface area (Å²) in [6, 6.07) is 14.0. The molecule has 0 atom stereocenters. The van der Waals surface area contributed by atoms with Crippen molar-refractivity contribution in [3.63, 3.8) is 0 Å². The van der Waals surface area contributed by atoms with Gasteiger partial charge in [-0.3, -0.25) is 10.1 Å². The van der Waals surface area contributed by atoms with Crippen LogP contribution in [0.15, 0.2) is 48.8 Å². The lowest BCUT2D eigenvalue weighted by atomic mass is 10.2. The summed E-state index contributed by atoms with van der Waals surface area (Å²) in [6.45, 7) is 2.66. The number of nitrogens with zero attached hydrogens (tertiary/aromatic N) is 3. The van der Waals surface area contributed by atoms with Gasteiger partial charge in [0.05, 0.1) is 13.0 Å². The van der Waals surface area contributed by atoms with Crippen LogP contribution in [0, 0.1) is 6.92 Å². The third kappa shape index (κ3) is 3.79. The molecule has 0 spiro atoms. The van der Waals surface area contributed by atoms with Crippen LogP contribution in [0.4, 0.5) is 5.95 Å². The summed E-state index contributed by atoms with van der Waals surface area (Å²) in [5.74, 6) is 0.244. The number of nitrogens with one attached hydrogen (secondary N) is 1. The molecule has 1 aromatic carbocycles. The van der Waals surface area contributed by atoms with E-state index in [0.29, 0.717) is 18.9 Å². The fourth-order valence-corrected chi connectivity index (χ4v) is 2.99. The van der Waals surface area contributed by atoms with E-state index in [1.165, 1.54) is 4.88 Å². The molecule has 0 saturated heterocycles. The maximum absolute atomic E-state index is 12.0. The molecule has 6 heteroatoms. The first kappa shape index (κ1) is 14.5. The van der Waals surface area contributed by atoms with Crippen molar-refractivity contribution in [3.8, 4) is 0 Å². The number of hydrogen-bond donors (Lipinski definition) is 1. The number of benzene rings is 1. The predicted molar refractivity (Wildman–Crippen MR) is 87.0 cm³/mol. The highest BCUT2D eigenvalue weighted by atomic mass is 32.1. The van der Waals surface area contributed by atoms with E-state index >= 15 is 0 Å². The number of carbonyl (C=O) groups excluding carboxylic acids is 1. The highest BCUT2D eigenvalue weighted by Gasteiger charge is 2.09. The number of aromatic nitrogens is 3. The van der Waals surface area contributed by atoms with E-state index in [1.807, 2.05) is 49.4 Å². The molecule has 2 heterocycles. The van der Waals surface area contributed by atoms with Gasteiger partial charge in [0.25, 0.3) is 0 Å². The molecule has 112 valence electrons. The standard InChI is InChI=1S/C16H16N4OS/c1-12-7-8-14(22-12)9-15(21)18-16-17-11-20(19-16)10-13-5-3-2-4-6-13/h2-8,11H,9-10H2,1H3,(H,18,19,21). The van der Waals surface area contributed by atoms with Gasteiger partial charge < -0.3 is 0 Å². The van der Waals surface area contributed by atoms with Gasteiger partial charge in [-0.25, -0.2) is 9.67 Å². The molecule has 0 aliphatic heterocycles. The molecule has 3 rings (SSSR count). The van der Waals surface area contributed by atoms with Crippen molar-refractivity contribution in [3.05, 3.63) is 64.1 Å². The largest absolute Gasteiger partial charge is 0.293 e. The Morgan fingerprint density at radius 2 is 2.05 bits per heavy atom. The summed E-state index contributed by atoms with van der Waals surface area (Å²) in [6.07, 6.45) is 1.98. The Balaban J connectivity index is 1.58. The molecule has 0 unspecified atom stereocenters. The minimum Gasteiger partial charge on any atom is -0.293 e. The van der Waals surface area contributed by atoms with Crippen LogP contribution < -0.4 is 5.32 Å². The lowest BCUT2D eigenvalue weighted by Crippen LogP contribution is -2.15. The Morgan fingerprint density at radius 1 is 1.23 bits per heavy atom. The molecule has 0 radical (unpaired) electrons. The molecule has 0 bridgehead atoms. The quantitative estimate of drug-likeness (QED) is 0.788. The van der Waals surface area contributed by atoms with Gasteiger partial charge in [0, 0.05) is 9.75 Å². The lowest BCUT2D eigenvalue weighted by Gasteiger charge is -2.01. The molecule has 1 amide bonds. The molecule has 0 fully saturated rings. The van der Waals surface area contributed by atoms with E-state index in [9.17, 15) is 4.79 Å². The summed E-state index contributed by atoms with van der Waals surface area (Å²) >= 11 is 1.63. The van der Waals surface area contributed by atoms with Crippen LogP contribution in [0.3, 0.4) is 0 Å². The molecule has 22 heavy (non-hydrogen) atoms. The fourth-order valence-electron chi connectivity index (χ4n) is 2.11. The van der Waals surface area contributed by atoms with E-state index in [-0.39, 0.29) is 5.91 Å². The van der Waals surface area contributed by atoms with Crippen LogP contribution in [-0.2, 0) is 17.8 Å². The molecule has 2 aromatic heterocycles. The van der Waals surface area contributed by atoms with E-state index in [0.717, 1.165) is 10.4 Å². The van der Waals surface area contributed by atoms with Gasteiger partial charge in [-0.15, -0.1) is 16.4 Å². The lowest BCUT2D eigenvalue weighted by molar-refractivity contribution is -0.115. The number of amides is 1. The Kier molecular flexibility index (Phi) is 4.29. The van der Waals surface area contributed by atoms with Crippen molar-refractivity contribution in [2.24, 2.45) is 0 Å². The van der Waals surface area contributed by atoms with Crippen LogP contribution in [0.5, 0.6) is 0 Å². The molecule has 0 aliphatic rings. The Morgan fingerprint density at radius 3 is 2.77 bits per heavy atom. The maximum atomic E-state index is 12.0. The van der Waals surface area contributed by atoms with E-state index < -0.39 is 0 Å². The normalized spacial score (nSPS) is 10.6. The third-order valence-electron chi connectivity index (χ3n) is 3.11. The summed E-state index contributed by atoms with van der Waals surface area (Å²) in [7, 11) is 0. The Labute approximate surface area is 132 Å². The van der Waals surface area contributed by atoms with E-state index in [4.69, 9.17) is 0 Å². The monoisotopic (exact) mass is 312 g/mol. The van der Waals surface area contributed by atoms with Crippen molar-refractivity contribution < 1.29 is 4.79 Å². The zero-order valence-electron chi connectivity index (χ0n) is 12.2. The van der Waals surface area contributed by atoms with Crippen LogP contribution in [-0.4, -0.2) is 20.7 Å². The number of anilines is 1. The van der Waals surface area contributed by atoms with Crippen molar-refractivity contribution in [1.82, 2.24) is 14.8 Å². The second-order valence-electron chi connectivity index (χ2n) is 4.99. The first-order chi connectivity index (χ1) is 10.7. The SMILES string of the molecule is Cc1ccc(CC(=O)Nc2ncn(Cc3ccccc3)n2)s1. The predicted octanol–water partition coefficient (Wildman–Crippen LogP) is 2.88. The van der Waals surface area contributed by atoms with Crippen LogP contribution in [0.25, 0.3) is 0 Å². The van der Waals surface area contributed by atoms with Gasteiger partial charge >= 0.3 is 0 Å². The molecular weight excluding hydrogens is 296 g/mol. The Hall–Kier alpha value is -2.47. The third-order valence-corrected chi connectivity index (χ3v) is 4.11. The van der Waals surface area contributed by atoms with Gasteiger partial charge in [-0.1, -0.05) is 30.3 Å². The summed E-state index contributed by atoms with van der Waals surface area (Å²) in [5, 5.41) is 7.00. The number of hydrogen-bond acceptors (Lipinski definition) is 4. The molecular formula is C16H16N4OS. The second-order valence-corrected chi connectivity index (χ2v) is 6.36. The topological polar surface area (TPSA) is 59.8 Å². The average Bonchev–Trinajstić information content (AvgIpc) is 3.09. The second kappa shape index (κ2) is 6.53. The highest BCUT2D eigenvalue weighted by Crippen LogP contribution is 2.15. The summed E-state index contributed by atoms with van der Waals surface area (Å²) in [5.41, 5.74) is 1.14. The Bertz CT molecular complexity index is 763. The van der Waals surface area contributed by atoms with Gasteiger partial charge in [-0.2, -0.15) is 0 Å². The number of thiophene rings is 1. The van der Waals surface area contributed by atoms with Crippen LogP contribution >= 0.6 is 11.3 Å². The van der Waals surface area contributed by atoms with Crippen LogP contribution in [0.2, 0.25) is 0 Å². The molecule has 5 nitrogen and oxygen atoms in total. The van der Waals surface area contributed by atoms with Crippen molar-refractivity contribution in [1.29, 1.82) is 0 Å². The zero-order chi connectivity index (χ0) is 15.4. The van der Waals surface area contributed by atoms with Gasteiger partial charge in [0.2, 0.25) is 11.9 Å². The van der Waals surface area contributed by atoms with E-state index in [2.05, 4.69) is 15.4 Å².